The van der Waals surface area contributed by atoms with E-state index in [-0.39, 0.29) is 5.82 Å². The van der Waals surface area contributed by atoms with Crippen LogP contribution in [0.5, 0.6) is 0 Å². The van der Waals surface area contributed by atoms with Crippen molar-refractivity contribution in [3.8, 4) is 10.6 Å². The van der Waals surface area contributed by atoms with Gasteiger partial charge in [0.1, 0.15) is 10.8 Å². The Morgan fingerprint density at radius 3 is 2.62 bits per heavy atom. The molecule has 1 aromatic heterocycles. The van der Waals surface area contributed by atoms with E-state index in [2.05, 4.69) is 15.0 Å². The molecule has 2 rings (SSSR count). The molecule has 0 bridgehead atoms. The summed E-state index contributed by atoms with van der Waals surface area (Å²) < 4.78 is 37.0. The van der Waals surface area contributed by atoms with E-state index in [1.807, 2.05) is 5.38 Å². The summed E-state index contributed by atoms with van der Waals surface area (Å²) in [6.45, 7) is 1.42. The van der Waals surface area contributed by atoms with Crippen LogP contribution >= 0.6 is 11.3 Å². The van der Waals surface area contributed by atoms with Crippen LogP contribution in [0.25, 0.3) is 10.6 Å². The van der Waals surface area contributed by atoms with Crippen molar-refractivity contribution in [3.63, 3.8) is 0 Å². The van der Waals surface area contributed by atoms with E-state index in [1.54, 1.807) is 12.1 Å². The van der Waals surface area contributed by atoms with Gasteiger partial charge in [-0.1, -0.05) is 0 Å². The van der Waals surface area contributed by atoms with Crippen molar-refractivity contribution in [2.45, 2.75) is 6.54 Å². The summed E-state index contributed by atoms with van der Waals surface area (Å²) >= 11 is 1.49. The highest BCUT2D eigenvalue weighted by Crippen LogP contribution is 2.23. The molecule has 0 aliphatic heterocycles. The molecule has 0 saturated heterocycles. The molecule has 5 nitrogen and oxygen atoms in total. The Hall–Kier alpha value is -1.35. The van der Waals surface area contributed by atoms with Gasteiger partial charge in [0, 0.05) is 30.6 Å². The lowest BCUT2D eigenvalue weighted by Gasteiger charge is -2.03. The average Bonchev–Trinajstić information content (AvgIpc) is 2.87. The number of sulfonamides is 1. The second-order valence-electron chi connectivity index (χ2n) is 4.49. The van der Waals surface area contributed by atoms with Gasteiger partial charge in [0.05, 0.1) is 11.9 Å². The van der Waals surface area contributed by atoms with Crippen LogP contribution in [-0.2, 0) is 16.6 Å². The molecule has 0 aliphatic rings. The maximum absolute atomic E-state index is 12.9. The van der Waals surface area contributed by atoms with Crippen molar-refractivity contribution in [3.05, 3.63) is 41.2 Å². The van der Waals surface area contributed by atoms with Crippen LogP contribution < -0.4 is 10.0 Å². The predicted octanol–water partition coefficient (Wildman–Crippen LogP) is 1.59. The minimum absolute atomic E-state index is 0.268. The third-order valence-electron chi connectivity index (χ3n) is 2.62. The first kappa shape index (κ1) is 16.0. The van der Waals surface area contributed by atoms with E-state index in [9.17, 15) is 12.8 Å². The number of thiazole rings is 1. The smallest absolute Gasteiger partial charge is 0.208 e. The van der Waals surface area contributed by atoms with Gasteiger partial charge in [0.25, 0.3) is 0 Å². The van der Waals surface area contributed by atoms with Crippen molar-refractivity contribution >= 4 is 21.4 Å². The lowest BCUT2D eigenvalue weighted by Crippen LogP contribution is -2.30. The average molecular weight is 329 g/mol. The summed E-state index contributed by atoms with van der Waals surface area (Å²) in [5.41, 5.74) is 1.75. The Morgan fingerprint density at radius 2 is 1.95 bits per heavy atom. The van der Waals surface area contributed by atoms with Crippen molar-refractivity contribution < 1.29 is 12.8 Å². The third kappa shape index (κ3) is 5.50. The number of hydrogen-bond donors (Lipinski definition) is 2. The molecular formula is C13H16FN3O2S2. The second-order valence-corrected chi connectivity index (χ2v) is 7.19. The van der Waals surface area contributed by atoms with Gasteiger partial charge in [-0.05, 0) is 24.3 Å². The Balaban J connectivity index is 1.82. The summed E-state index contributed by atoms with van der Waals surface area (Å²) in [7, 11) is -3.14. The summed E-state index contributed by atoms with van der Waals surface area (Å²) in [5.74, 6) is -0.268. The Bertz CT molecular complexity index is 684. The highest BCUT2D eigenvalue weighted by molar-refractivity contribution is 7.88. The molecule has 0 fully saturated rings. The minimum atomic E-state index is -3.14. The molecular weight excluding hydrogens is 313 g/mol. The first-order valence-corrected chi connectivity index (χ1v) is 9.07. The molecule has 0 atom stereocenters. The highest BCUT2D eigenvalue weighted by Gasteiger charge is 2.05. The number of nitrogens with one attached hydrogen (secondary N) is 2. The first-order valence-electron chi connectivity index (χ1n) is 6.30. The zero-order valence-corrected chi connectivity index (χ0v) is 13.1. The molecule has 0 amide bonds. The molecule has 0 saturated carbocycles. The summed E-state index contributed by atoms with van der Waals surface area (Å²) in [4.78, 5) is 4.45. The van der Waals surface area contributed by atoms with Gasteiger partial charge < -0.3 is 5.32 Å². The van der Waals surface area contributed by atoms with E-state index in [1.165, 1.54) is 23.5 Å². The number of halogens is 1. The number of hydrogen-bond acceptors (Lipinski definition) is 5. The fourth-order valence-corrected chi connectivity index (χ4v) is 2.95. The van der Waals surface area contributed by atoms with Crippen molar-refractivity contribution in [1.82, 2.24) is 15.0 Å². The summed E-state index contributed by atoms with van der Waals surface area (Å²) in [5, 5.41) is 5.87. The minimum Gasteiger partial charge on any atom is -0.310 e. The SMILES string of the molecule is CS(=O)(=O)NCCNCc1csc(-c2ccc(F)cc2)n1. The second kappa shape index (κ2) is 7.08. The first-order chi connectivity index (χ1) is 9.94. The van der Waals surface area contributed by atoms with E-state index in [4.69, 9.17) is 0 Å². The van der Waals surface area contributed by atoms with E-state index in [0.29, 0.717) is 19.6 Å². The molecule has 1 heterocycles. The quantitative estimate of drug-likeness (QED) is 0.757. The zero-order chi connectivity index (χ0) is 15.3. The topological polar surface area (TPSA) is 71.1 Å². The summed E-state index contributed by atoms with van der Waals surface area (Å²) in [6, 6.07) is 6.21. The lowest BCUT2D eigenvalue weighted by molar-refractivity contribution is 0.581. The van der Waals surface area contributed by atoms with Gasteiger partial charge in [-0.3, -0.25) is 0 Å². The van der Waals surface area contributed by atoms with Crippen LogP contribution in [0.4, 0.5) is 4.39 Å². The van der Waals surface area contributed by atoms with Gasteiger partial charge in [0.2, 0.25) is 10.0 Å². The number of nitrogens with zero attached hydrogens (tertiary/aromatic N) is 1. The molecule has 0 radical (unpaired) electrons. The summed E-state index contributed by atoms with van der Waals surface area (Å²) in [6.07, 6.45) is 1.13. The van der Waals surface area contributed by atoms with Crippen LogP contribution in [0.15, 0.2) is 29.6 Å². The van der Waals surface area contributed by atoms with E-state index in [0.717, 1.165) is 22.5 Å². The number of rotatable bonds is 7. The molecule has 8 heteroatoms. The Kier molecular flexibility index (Phi) is 5.40. The maximum atomic E-state index is 12.9. The van der Waals surface area contributed by atoms with Crippen molar-refractivity contribution in [1.29, 1.82) is 0 Å². The fourth-order valence-electron chi connectivity index (χ4n) is 1.65. The fraction of sp³-hybridized carbons (Fsp3) is 0.308. The maximum Gasteiger partial charge on any atom is 0.208 e. The van der Waals surface area contributed by atoms with E-state index < -0.39 is 10.0 Å². The molecule has 2 N–H and O–H groups in total. The van der Waals surface area contributed by atoms with Gasteiger partial charge >= 0.3 is 0 Å². The van der Waals surface area contributed by atoms with Crippen LogP contribution in [0.1, 0.15) is 5.69 Å². The molecule has 0 unspecified atom stereocenters. The molecule has 114 valence electrons. The van der Waals surface area contributed by atoms with Gasteiger partial charge in [-0.25, -0.2) is 22.5 Å². The molecule has 0 spiro atoms. The van der Waals surface area contributed by atoms with Gasteiger partial charge in [-0.15, -0.1) is 11.3 Å². The number of aromatic nitrogens is 1. The van der Waals surface area contributed by atoms with Crippen LogP contribution in [-0.4, -0.2) is 32.7 Å². The monoisotopic (exact) mass is 329 g/mol. The standard InChI is InChI=1S/C13H16FN3O2S2/c1-21(18,19)16-7-6-15-8-12-9-20-13(17-12)10-2-4-11(14)5-3-10/h2-5,9,15-16H,6-8H2,1H3. The van der Waals surface area contributed by atoms with Crippen LogP contribution in [0.2, 0.25) is 0 Å². The largest absolute Gasteiger partial charge is 0.310 e. The highest BCUT2D eigenvalue weighted by atomic mass is 32.2. The molecule has 21 heavy (non-hydrogen) atoms. The third-order valence-corrected chi connectivity index (χ3v) is 4.28. The van der Waals surface area contributed by atoms with Gasteiger partial charge in [0.15, 0.2) is 0 Å². The predicted molar refractivity (Wildman–Crippen MR) is 82.1 cm³/mol. The van der Waals surface area contributed by atoms with Crippen LogP contribution in [0.3, 0.4) is 0 Å². The Labute approximate surface area is 127 Å². The normalized spacial score (nSPS) is 11.7. The molecule has 2 aromatic rings. The van der Waals surface area contributed by atoms with Crippen molar-refractivity contribution in [2.75, 3.05) is 19.3 Å². The van der Waals surface area contributed by atoms with Gasteiger partial charge in [-0.2, -0.15) is 0 Å². The number of benzene rings is 1. The zero-order valence-electron chi connectivity index (χ0n) is 11.5. The van der Waals surface area contributed by atoms with Crippen molar-refractivity contribution in [2.24, 2.45) is 0 Å². The van der Waals surface area contributed by atoms with E-state index >= 15 is 0 Å². The Morgan fingerprint density at radius 1 is 1.24 bits per heavy atom. The molecule has 1 aromatic carbocycles. The lowest BCUT2D eigenvalue weighted by atomic mass is 10.2. The molecule has 0 aliphatic carbocycles. The van der Waals surface area contributed by atoms with Crippen LogP contribution in [0, 0.1) is 5.82 Å².